The van der Waals surface area contributed by atoms with Gasteiger partial charge in [-0.05, 0) is 30.9 Å². The van der Waals surface area contributed by atoms with Crippen molar-refractivity contribution in [1.29, 1.82) is 0 Å². The Bertz CT molecular complexity index is 388. The minimum atomic E-state index is -0.129. The van der Waals surface area contributed by atoms with E-state index in [0.29, 0.717) is 17.2 Å². The number of benzene rings is 1. The summed E-state index contributed by atoms with van der Waals surface area (Å²) in [5.74, 6) is 0.770. The lowest BCUT2D eigenvalue weighted by atomic mass is 10.0. The summed E-state index contributed by atoms with van der Waals surface area (Å²) in [5, 5.41) is 10.1. The van der Waals surface area contributed by atoms with Crippen molar-refractivity contribution in [3.05, 3.63) is 22.7 Å². The summed E-state index contributed by atoms with van der Waals surface area (Å²) < 4.78 is 5.09. The van der Waals surface area contributed by atoms with Crippen LogP contribution in [0.3, 0.4) is 0 Å². The zero-order valence-corrected chi connectivity index (χ0v) is 9.34. The van der Waals surface area contributed by atoms with Gasteiger partial charge in [0.15, 0.2) is 0 Å². The quantitative estimate of drug-likeness (QED) is 0.832. The zero-order valence-electron chi connectivity index (χ0n) is 8.59. The number of aromatic hydroxyl groups is 1. The maximum atomic E-state index is 9.71. The summed E-state index contributed by atoms with van der Waals surface area (Å²) in [6.45, 7) is 0. The van der Waals surface area contributed by atoms with Crippen molar-refractivity contribution in [2.45, 2.75) is 24.8 Å². The smallest absolute Gasteiger partial charge is 0.137 e. The van der Waals surface area contributed by atoms with Crippen LogP contribution < -0.4 is 10.5 Å². The van der Waals surface area contributed by atoms with Gasteiger partial charge in [-0.15, -0.1) is 0 Å². The Balaban J connectivity index is 2.29. The van der Waals surface area contributed by atoms with Gasteiger partial charge in [-0.2, -0.15) is 0 Å². The number of rotatable bonds is 3. The average Bonchev–Trinajstić information content (AvgIpc) is 2.89. The number of phenols is 1. The molecule has 0 aromatic heterocycles. The van der Waals surface area contributed by atoms with E-state index in [2.05, 4.69) is 0 Å². The molecule has 3 N–H and O–H groups in total. The molecule has 4 heteroatoms. The normalized spacial score (nSPS) is 17.5. The molecular formula is C11H14ClNO2. The van der Waals surface area contributed by atoms with Crippen molar-refractivity contribution < 1.29 is 9.84 Å². The molecule has 1 aliphatic carbocycles. The van der Waals surface area contributed by atoms with E-state index < -0.39 is 0 Å². The second-order valence-electron chi connectivity index (χ2n) is 4.15. The Morgan fingerprint density at radius 1 is 1.53 bits per heavy atom. The predicted molar refractivity (Wildman–Crippen MR) is 59.5 cm³/mol. The zero-order chi connectivity index (χ0) is 11.1. The van der Waals surface area contributed by atoms with Crippen LogP contribution in [0.25, 0.3) is 0 Å². The van der Waals surface area contributed by atoms with Gasteiger partial charge in [-0.3, -0.25) is 0 Å². The Kier molecular flexibility index (Phi) is 2.52. The van der Waals surface area contributed by atoms with E-state index in [1.165, 1.54) is 6.07 Å². The standard InChI is InChI=1S/C11H14ClNO2/c1-15-10-4-7(6-11(13)2-3-11)9(14)5-8(10)12/h4-5,14H,2-3,6,13H2,1H3. The molecule has 1 aliphatic rings. The molecule has 0 bridgehead atoms. The molecule has 1 aromatic carbocycles. The molecule has 15 heavy (non-hydrogen) atoms. The lowest BCUT2D eigenvalue weighted by molar-refractivity contribution is 0.410. The second-order valence-corrected chi connectivity index (χ2v) is 4.56. The number of phenolic OH excluding ortho intramolecular Hbond substituents is 1. The minimum Gasteiger partial charge on any atom is -0.508 e. The van der Waals surface area contributed by atoms with Gasteiger partial charge >= 0.3 is 0 Å². The number of ether oxygens (including phenoxy) is 1. The number of methoxy groups -OCH3 is 1. The highest BCUT2D eigenvalue weighted by Gasteiger charge is 2.38. The molecule has 0 amide bonds. The molecule has 82 valence electrons. The van der Waals surface area contributed by atoms with Gasteiger partial charge in [-0.25, -0.2) is 0 Å². The summed E-state index contributed by atoms with van der Waals surface area (Å²) in [6, 6.07) is 3.26. The monoisotopic (exact) mass is 227 g/mol. The van der Waals surface area contributed by atoms with E-state index in [9.17, 15) is 5.11 Å². The minimum absolute atomic E-state index is 0.129. The first-order valence-electron chi connectivity index (χ1n) is 4.88. The Labute approximate surface area is 93.8 Å². The van der Waals surface area contributed by atoms with E-state index in [-0.39, 0.29) is 11.3 Å². The SMILES string of the molecule is COc1cc(CC2(N)CC2)c(O)cc1Cl. The van der Waals surface area contributed by atoms with Crippen molar-refractivity contribution in [2.24, 2.45) is 5.73 Å². The van der Waals surface area contributed by atoms with Gasteiger partial charge in [0.25, 0.3) is 0 Å². The first-order valence-corrected chi connectivity index (χ1v) is 5.26. The highest BCUT2D eigenvalue weighted by Crippen LogP contribution is 2.40. The van der Waals surface area contributed by atoms with E-state index in [1.807, 2.05) is 0 Å². The molecule has 0 saturated heterocycles. The van der Waals surface area contributed by atoms with Crippen LogP contribution in [-0.4, -0.2) is 17.8 Å². The Hall–Kier alpha value is -0.930. The van der Waals surface area contributed by atoms with E-state index in [0.717, 1.165) is 18.4 Å². The molecule has 0 atom stereocenters. The molecule has 0 aliphatic heterocycles. The van der Waals surface area contributed by atoms with Crippen molar-refractivity contribution in [2.75, 3.05) is 7.11 Å². The van der Waals surface area contributed by atoms with Gasteiger partial charge in [0.05, 0.1) is 12.1 Å². The van der Waals surface area contributed by atoms with Crippen LogP contribution >= 0.6 is 11.6 Å². The van der Waals surface area contributed by atoms with Crippen molar-refractivity contribution in [3.8, 4) is 11.5 Å². The van der Waals surface area contributed by atoms with Crippen LogP contribution in [0.15, 0.2) is 12.1 Å². The van der Waals surface area contributed by atoms with Crippen molar-refractivity contribution in [3.63, 3.8) is 0 Å². The summed E-state index contributed by atoms with van der Waals surface area (Å²) in [5.41, 5.74) is 6.67. The third-order valence-electron chi connectivity index (χ3n) is 2.79. The van der Waals surface area contributed by atoms with Gasteiger partial charge in [-0.1, -0.05) is 11.6 Å². The number of hydrogen-bond acceptors (Lipinski definition) is 3. The van der Waals surface area contributed by atoms with Gasteiger partial charge in [0, 0.05) is 11.6 Å². The lowest BCUT2D eigenvalue weighted by Crippen LogP contribution is -2.24. The van der Waals surface area contributed by atoms with Crippen LogP contribution in [0.5, 0.6) is 11.5 Å². The summed E-state index contributed by atoms with van der Waals surface area (Å²) in [4.78, 5) is 0. The average molecular weight is 228 g/mol. The molecule has 0 radical (unpaired) electrons. The molecule has 0 spiro atoms. The summed E-state index contributed by atoms with van der Waals surface area (Å²) in [7, 11) is 1.55. The van der Waals surface area contributed by atoms with Crippen LogP contribution in [0.1, 0.15) is 18.4 Å². The summed E-state index contributed by atoms with van der Waals surface area (Å²) in [6.07, 6.45) is 2.70. The molecule has 2 rings (SSSR count). The fourth-order valence-electron chi connectivity index (χ4n) is 1.60. The van der Waals surface area contributed by atoms with Gasteiger partial charge in [0.1, 0.15) is 11.5 Å². The van der Waals surface area contributed by atoms with Gasteiger partial charge in [0.2, 0.25) is 0 Å². The van der Waals surface area contributed by atoms with Crippen molar-refractivity contribution in [1.82, 2.24) is 0 Å². The molecule has 1 saturated carbocycles. The number of hydrogen-bond donors (Lipinski definition) is 2. The number of nitrogens with two attached hydrogens (primary N) is 1. The first-order chi connectivity index (χ1) is 7.04. The topological polar surface area (TPSA) is 55.5 Å². The fourth-order valence-corrected chi connectivity index (χ4v) is 1.83. The highest BCUT2D eigenvalue weighted by atomic mass is 35.5. The maximum absolute atomic E-state index is 9.71. The van der Waals surface area contributed by atoms with Crippen LogP contribution in [0.2, 0.25) is 5.02 Å². The molecular weight excluding hydrogens is 214 g/mol. The summed E-state index contributed by atoms with van der Waals surface area (Å²) >= 11 is 5.87. The molecule has 0 unspecified atom stereocenters. The fraction of sp³-hybridized carbons (Fsp3) is 0.455. The molecule has 1 fully saturated rings. The van der Waals surface area contributed by atoms with Crippen LogP contribution in [-0.2, 0) is 6.42 Å². The van der Waals surface area contributed by atoms with E-state index >= 15 is 0 Å². The largest absolute Gasteiger partial charge is 0.508 e. The molecule has 1 aromatic rings. The van der Waals surface area contributed by atoms with Gasteiger partial charge < -0.3 is 15.6 Å². The molecule has 0 heterocycles. The van der Waals surface area contributed by atoms with E-state index in [4.69, 9.17) is 22.1 Å². The van der Waals surface area contributed by atoms with Crippen LogP contribution in [0.4, 0.5) is 0 Å². The predicted octanol–water partition coefficient (Wildman–Crippen LogP) is 2.09. The van der Waals surface area contributed by atoms with Crippen molar-refractivity contribution >= 4 is 11.6 Å². The maximum Gasteiger partial charge on any atom is 0.137 e. The van der Waals surface area contributed by atoms with Crippen LogP contribution in [0, 0.1) is 0 Å². The highest BCUT2D eigenvalue weighted by molar-refractivity contribution is 6.32. The molecule has 3 nitrogen and oxygen atoms in total. The first kappa shape index (κ1) is 10.6. The van der Waals surface area contributed by atoms with E-state index in [1.54, 1.807) is 13.2 Å². The lowest BCUT2D eigenvalue weighted by Gasteiger charge is -2.12. The number of halogens is 1. The Morgan fingerprint density at radius 2 is 2.20 bits per heavy atom. The third-order valence-corrected chi connectivity index (χ3v) is 3.08. The second kappa shape index (κ2) is 3.58. The Morgan fingerprint density at radius 3 is 2.73 bits per heavy atom. The third kappa shape index (κ3) is 2.19.